The van der Waals surface area contributed by atoms with Crippen LogP contribution in [0.2, 0.25) is 0 Å². The minimum absolute atomic E-state index is 0.210. The number of amides is 2. The summed E-state index contributed by atoms with van der Waals surface area (Å²) in [7, 11) is 1.52. The predicted octanol–water partition coefficient (Wildman–Crippen LogP) is 2.58. The average molecular weight is 266 g/mol. The highest BCUT2D eigenvalue weighted by Crippen LogP contribution is 2.19. The number of ether oxygens (including phenoxy) is 1. The lowest BCUT2D eigenvalue weighted by molar-refractivity contribution is 0.236. The maximum atomic E-state index is 13.2. The van der Waals surface area contributed by atoms with E-state index >= 15 is 0 Å². The van der Waals surface area contributed by atoms with E-state index in [0.29, 0.717) is 11.3 Å². The molecule has 2 rings (SSSR count). The molecular weight excluding hydrogens is 247 g/mol. The molecule has 0 spiro atoms. The second-order valence-corrected chi connectivity index (χ2v) is 4.76. The van der Waals surface area contributed by atoms with Crippen molar-refractivity contribution >= 4 is 6.03 Å². The van der Waals surface area contributed by atoms with Crippen molar-refractivity contribution in [2.24, 2.45) is 0 Å². The van der Waals surface area contributed by atoms with Crippen molar-refractivity contribution in [2.45, 2.75) is 38.3 Å². The topological polar surface area (TPSA) is 50.4 Å². The van der Waals surface area contributed by atoms with Gasteiger partial charge >= 0.3 is 6.03 Å². The first-order valence-corrected chi connectivity index (χ1v) is 6.56. The second-order valence-electron chi connectivity index (χ2n) is 4.76. The first-order valence-electron chi connectivity index (χ1n) is 6.56. The van der Waals surface area contributed by atoms with E-state index in [1.807, 2.05) is 0 Å². The van der Waals surface area contributed by atoms with Crippen LogP contribution in [0.25, 0.3) is 0 Å². The number of urea groups is 1. The van der Waals surface area contributed by atoms with Gasteiger partial charge in [-0.1, -0.05) is 12.8 Å². The molecule has 1 aromatic carbocycles. The van der Waals surface area contributed by atoms with Crippen LogP contribution in [-0.2, 0) is 6.54 Å². The van der Waals surface area contributed by atoms with Crippen molar-refractivity contribution in [3.8, 4) is 5.75 Å². The Morgan fingerprint density at radius 3 is 2.84 bits per heavy atom. The highest BCUT2D eigenvalue weighted by Gasteiger charge is 2.17. The van der Waals surface area contributed by atoms with Crippen molar-refractivity contribution in [2.75, 3.05) is 7.11 Å². The number of benzene rings is 1. The molecule has 1 fully saturated rings. The second kappa shape index (κ2) is 6.41. The zero-order chi connectivity index (χ0) is 13.7. The number of carbonyl (C=O) groups is 1. The normalized spacial score (nSPS) is 15.3. The summed E-state index contributed by atoms with van der Waals surface area (Å²) >= 11 is 0. The number of methoxy groups -OCH3 is 1. The highest BCUT2D eigenvalue weighted by molar-refractivity contribution is 5.74. The molecule has 104 valence electrons. The SMILES string of the molecule is COc1ccc(F)cc1CNC(=O)NC1CCCC1. The van der Waals surface area contributed by atoms with Gasteiger partial charge in [0.25, 0.3) is 0 Å². The van der Waals surface area contributed by atoms with Gasteiger partial charge in [-0.25, -0.2) is 9.18 Å². The van der Waals surface area contributed by atoms with E-state index in [9.17, 15) is 9.18 Å². The van der Waals surface area contributed by atoms with Crippen LogP contribution in [0.1, 0.15) is 31.2 Å². The van der Waals surface area contributed by atoms with E-state index < -0.39 is 0 Å². The molecule has 1 saturated carbocycles. The van der Waals surface area contributed by atoms with Gasteiger partial charge in [0, 0.05) is 18.2 Å². The summed E-state index contributed by atoms with van der Waals surface area (Å²) in [6.45, 7) is 0.249. The quantitative estimate of drug-likeness (QED) is 0.880. The first-order chi connectivity index (χ1) is 9.19. The summed E-state index contributed by atoms with van der Waals surface area (Å²) < 4.78 is 18.3. The third kappa shape index (κ3) is 3.84. The lowest BCUT2D eigenvalue weighted by Gasteiger charge is -2.14. The van der Waals surface area contributed by atoms with Crippen molar-refractivity contribution in [1.82, 2.24) is 10.6 Å². The summed E-state index contributed by atoms with van der Waals surface area (Å²) in [5, 5.41) is 5.65. The Labute approximate surface area is 112 Å². The maximum absolute atomic E-state index is 13.2. The number of halogens is 1. The zero-order valence-corrected chi connectivity index (χ0v) is 11.0. The van der Waals surface area contributed by atoms with Crippen molar-refractivity contribution in [1.29, 1.82) is 0 Å². The fourth-order valence-corrected chi connectivity index (χ4v) is 2.37. The van der Waals surface area contributed by atoms with Crippen LogP contribution in [-0.4, -0.2) is 19.2 Å². The first kappa shape index (κ1) is 13.6. The van der Waals surface area contributed by atoms with E-state index in [4.69, 9.17) is 4.74 Å². The number of hydrogen-bond acceptors (Lipinski definition) is 2. The van der Waals surface area contributed by atoms with Gasteiger partial charge in [0.15, 0.2) is 0 Å². The van der Waals surface area contributed by atoms with Crippen LogP contribution in [0.15, 0.2) is 18.2 Å². The molecule has 0 aromatic heterocycles. The van der Waals surface area contributed by atoms with Crippen molar-refractivity contribution in [3.63, 3.8) is 0 Å². The fourth-order valence-electron chi connectivity index (χ4n) is 2.37. The van der Waals surface area contributed by atoms with Crippen LogP contribution >= 0.6 is 0 Å². The van der Waals surface area contributed by atoms with Gasteiger partial charge in [-0.2, -0.15) is 0 Å². The highest BCUT2D eigenvalue weighted by atomic mass is 19.1. The Kier molecular flexibility index (Phi) is 4.60. The molecule has 1 aromatic rings. The molecule has 4 nitrogen and oxygen atoms in total. The van der Waals surface area contributed by atoms with Gasteiger partial charge < -0.3 is 15.4 Å². The fraction of sp³-hybridized carbons (Fsp3) is 0.500. The van der Waals surface area contributed by atoms with Crippen LogP contribution in [0, 0.1) is 5.82 Å². The molecule has 0 aliphatic heterocycles. The summed E-state index contributed by atoms with van der Waals surface area (Å²) in [5.74, 6) is 0.233. The van der Waals surface area contributed by atoms with Gasteiger partial charge in [-0.05, 0) is 31.0 Å². The maximum Gasteiger partial charge on any atom is 0.315 e. The summed E-state index contributed by atoms with van der Waals surface area (Å²) in [6, 6.07) is 4.32. The van der Waals surface area contributed by atoms with E-state index in [-0.39, 0.29) is 24.4 Å². The molecule has 0 bridgehead atoms. The van der Waals surface area contributed by atoms with Gasteiger partial charge in [-0.3, -0.25) is 0 Å². The Bertz CT molecular complexity index is 445. The molecule has 0 radical (unpaired) electrons. The standard InChI is InChI=1S/C14H19FN2O2/c1-19-13-7-6-11(15)8-10(13)9-16-14(18)17-12-4-2-3-5-12/h6-8,12H,2-5,9H2,1H3,(H2,16,17,18). The predicted molar refractivity (Wildman–Crippen MR) is 70.6 cm³/mol. The summed E-state index contributed by atoms with van der Waals surface area (Å²) in [4.78, 5) is 11.7. The number of hydrogen-bond donors (Lipinski definition) is 2. The van der Waals surface area contributed by atoms with E-state index in [1.54, 1.807) is 6.07 Å². The minimum Gasteiger partial charge on any atom is -0.496 e. The molecule has 19 heavy (non-hydrogen) atoms. The number of carbonyl (C=O) groups excluding carboxylic acids is 1. The third-order valence-corrected chi connectivity index (χ3v) is 3.37. The number of nitrogens with one attached hydrogen (secondary N) is 2. The lowest BCUT2D eigenvalue weighted by Crippen LogP contribution is -2.40. The van der Waals surface area contributed by atoms with Gasteiger partial charge in [-0.15, -0.1) is 0 Å². The van der Waals surface area contributed by atoms with E-state index in [1.165, 1.54) is 32.1 Å². The molecule has 0 saturated heterocycles. The molecule has 0 unspecified atom stereocenters. The summed E-state index contributed by atoms with van der Waals surface area (Å²) in [6.07, 6.45) is 4.42. The van der Waals surface area contributed by atoms with Crippen LogP contribution < -0.4 is 15.4 Å². The smallest absolute Gasteiger partial charge is 0.315 e. The number of rotatable bonds is 4. The largest absolute Gasteiger partial charge is 0.496 e. The molecule has 1 aliphatic carbocycles. The van der Waals surface area contributed by atoms with Crippen molar-refractivity contribution < 1.29 is 13.9 Å². The molecule has 2 amide bonds. The average Bonchev–Trinajstić information content (AvgIpc) is 2.89. The van der Waals surface area contributed by atoms with Gasteiger partial charge in [0.05, 0.1) is 7.11 Å². The van der Waals surface area contributed by atoms with Crippen LogP contribution in [0.3, 0.4) is 0 Å². The summed E-state index contributed by atoms with van der Waals surface area (Å²) in [5.41, 5.74) is 0.629. The minimum atomic E-state index is -0.339. The molecular formula is C14H19FN2O2. The van der Waals surface area contributed by atoms with Gasteiger partial charge in [0.2, 0.25) is 0 Å². The van der Waals surface area contributed by atoms with Crippen LogP contribution in [0.5, 0.6) is 5.75 Å². The Morgan fingerprint density at radius 2 is 2.16 bits per heavy atom. The Balaban J connectivity index is 1.87. The Hall–Kier alpha value is -1.78. The molecule has 0 heterocycles. The zero-order valence-electron chi connectivity index (χ0n) is 11.0. The molecule has 2 N–H and O–H groups in total. The molecule has 1 aliphatic rings. The third-order valence-electron chi connectivity index (χ3n) is 3.37. The van der Waals surface area contributed by atoms with E-state index in [2.05, 4.69) is 10.6 Å². The van der Waals surface area contributed by atoms with Crippen LogP contribution in [0.4, 0.5) is 9.18 Å². The van der Waals surface area contributed by atoms with Crippen molar-refractivity contribution in [3.05, 3.63) is 29.6 Å². The molecule has 0 atom stereocenters. The van der Waals surface area contributed by atoms with Gasteiger partial charge in [0.1, 0.15) is 11.6 Å². The Morgan fingerprint density at radius 1 is 1.42 bits per heavy atom. The molecule has 5 heteroatoms. The monoisotopic (exact) mass is 266 g/mol. The van der Waals surface area contributed by atoms with E-state index in [0.717, 1.165) is 12.8 Å². The lowest BCUT2D eigenvalue weighted by atomic mass is 10.2.